The highest BCUT2D eigenvalue weighted by Crippen LogP contribution is 2.30. The molecule has 0 saturated carbocycles. The average molecular weight is 421 g/mol. The Morgan fingerprint density at radius 2 is 1.83 bits per heavy atom. The second-order valence-corrected chi connectivity index (χ2v) is 6.99. The van der Waals surface area contributed by atoms with E-state index in [1.54, 1.807) is 30.5 Å². The maximum atomic E-state index is 12.5. The van der Waals surface area contributed by atoms with E-state index in [0.29, 0.717) is 16.3 Å². The molecule has 4 rings (SSSR count). The normalized spacial score (nSPS) is 10.3. The number of rotatable bonds is 4. The molecule has 0 aliphatic heterocycles. The molecular weight excluding hydrogens is 396 g/mol. The number of hydrogen-bond donors (Lipinski definition) is 1. The Morgan fingerprint density at radius 1 is 1.07 bits per heavy atom. The van der Waals surface area contributed by atoms with E-state index < -0.39 is 0 Å². The highest BCUT2D eigenvalue weighted by Gasteiger charge is 2.12. The SMILES string of the molecule is CC.Cc1cn2nccc2cc1N(C)c1cccc(NC(=O)c2ccccc2Cl)c1. The number of nitrogens with one attached hydrogen (secondary N) is 1. The molecule has 0 saturated heterocycles. The van der Waals surface area contributed by atoms with E-state index in [-0.39, 0.29) is 5.91 Å². The van der Waals surface area contributed by atoms with Crippen LogP contribution in [0.4, 0.5) is 17.1 Å². The molecule has 6 heteroatoms. The van der Waals surface area contributed by atoms with Gasteiger partial charge in [0, 0.05) is 36.5 Å². The Bertz CT molecular complexity index is 1170. The lowest BCUT2D eigenvalue weighted by atomic mass is 10.1. The van der Waals surface area contributed by atoms with Crippen molar-refractivity contribution in [3.8, 4) is 0 Å². The summed E-state index contributed by atoms with van der Waals surface area (Å²) in [5.74, 6) is -0.234. The third kappa shape index (κ3) is 4.47. The number of carbonyl (C=O) groups excluding carboxylic acids is 1. The molecule has 0 unspecified atom stereocenters. The van der Waals surface area contributed by atoms with Gasteiger partial charge < -0.3 is 10.2 Å². The standard InChI is InChI=1S/C22H19ClN4O.C2H6/c1-15-14-27-18(10-11-24-27)13-21(15)26(2)17-7-5-6-16(12-17)25-22(28)19-8-3-4-9-20(19)23;1-2/h3-14H,1-2H3,(H,25,28);1-2H3. The van der Waals surface area contributed by atoms with Gasteiger partial charge in [0.15, 0.2) is 0 Å². The number of fused-ring (bicyclic) bond motifs is 1. The molecule has 0 atom stereocenters. The number of halogens is 1. The lowest BCUT2D eigenvalue weighted by molar-refractivity contribution is 0.102. The van der Waals surface area contributed by atoms with Crippen molar-refractivity contribution < 1.29 is 4.79 Å². The van der Waals surface area contributed by atoms with Crippen LogP contribution in [0.25, 0.3) is 5.52 Å². The second-order valence-electron chi connectivity index (χ2n) is 6.59. The molecule has 2 aromatic heterocycles. The van der Waals surface area contributed by atoms with Crippen molar-refractivity contribution in [3.63, 3.8) is 0 Å². The molecular formula is C24H25ClN4O. The Balaban J connectivity index is 0.00000124. The van der Waals surface area contributed by atoms with E-state index in [9.17, 15) is 4.79 Å². The van der Waals surface area contributed by atoms with Gasteiger partial charge in [0.2, 0.25) is 0 Å². The first-order valence-corrected chi connectivity index (χ1v) is 10.2. The fourth-order valence-electron chi connectivity index (χ4n) is 3.19. The molecule has 2 heterocycles. The zero-order valence-corrected chi connectivity index (χ0v) is 18.3. The summed E-state index contributed by atoms with van der Waals surface area (Å²) in [6, 6.07) is 18.8. The minimum absolute atomic E-state index is 0.234. The Morgan fingerprint density at radius 3 is 2.60 bits per heavy atom. The molecule has 4 aromatic rings. The number of aromatic nitrogens is 2. The van der Waals surface area contributed by atoms with E-state index >= 15 is 0 Å². The van der Waals surface area contributed by atoms with Crippen molar-refractivity contribution in [2.75, 3.05) is 17.3 Å². The van der Waals surface area contributed by atoms with Crippen molar-refractivity contribution in [1.82, 2.24) is 9.61 Å². The maximum absolute atomic E-state index is 12.5. The van der Waals surface area contributed by atoms with E-state index in [1.165, 1.54) is 0 Å². The first-order valence-electron chi connectivity index (χ1n) is 9.86. The number of amides is 1. The third-order valence-electron chi connectivity index (χ3n) is 4.68. The van der Waals surface area contributed by atoms with Gasteiger partial charge in [-0.3, -0.25) is 4.79 Å². The van der Waals surface area contributed by atoms with Gasteiger partial charge >= 0.3 is 0 Å². The number of pyridine rings is 1. The summed E-state index contributed by atoms with van der Waals surface area (Å²) in [7, 11) is 2.00. The highest BCUT2D eigenvalue weighted by molar-refractivity contribution is 6.34. The Labute approximate surface area is 181 Å². The van der Waals surface area contributed by atoms with E-state index in [1.807, 2.05) is 61.9 Å². The Hall–Kier alpha value is -3.31. The van der Waals surface area contributed by atoms with E-state index in [4.69, 9.17) is 11.6 Å². The van der Waals surface area contributed by atoms with Crippen LogP contribution in [0.1, 0.15) is 29.8 Å². The molecule has 1 amide bonds. The molecule has 0 aliphatic carbocycles. The van der Waals surface area contributed by atoms with E-state index in [0.717, 1.165) is 22.5 Å². The van der Waals surface area contributed by atoms with Crippen molar-refractivity contribution in [2.45, 2.75) is 20.8 Å². The fraction of sp³-hybridized carbons (Fsp3) is 0.167. The average Bonchev–Trinajstić information content (AvgIpc) is 3.21. The van der Waals surface area contributed by atoms with Crippen LogP contribution in [0, 0.1) is 6.92 Å². The summed E-state index contributed by atoms with van der Waals surface area (Å²) in [4.78, 5) is 14.6. The quantitative estimate of drug-likeness (QED) is 0.419. The second kappa shape index (κ2) is 9.46. The lowest BCUT2D eigenvalue weighted by Gasteiger charge is -2.22. The minimum Gasteiger partial charge on any atom is -0.344 e. The van der Waals surface area contributed by atoms with Gasteiger partial charge in [-0.15, -0.1) is 0 Å². The molecule has 0 radical (unpaired) electrons. The first kappa shape index (κ1) is 21.4. The zero-order valence-electron chi connectivity index (χ0n) is 17.6. The predicted molar refractivity (Wildman–Crippen MR) is 125 cm³/mol. The molecule has 5 nitrogen and oxygen atoms in total. The molecule has 154 valence electrons. The molecule has 0 fully saturated rings. The topological polar surface area (TPSA) is 49.6 Å². The number of aryl methyl sites for hydroxylation is 1. The minimum atomic E-state index is -0.234. The summed E-state index contributed by atoms with van der Waals surface area (Å²) in [5, 5.41) is 7.63. The van der Waals surface area contributed by atoms with Crippen LogP contribution in [0.15, 0.2) is 73.1 Å². The van der Waals surface area contributed by atoms with Crippen molar-refractivity contribution in [1.29, 1.82) is 0 Å². The summed E-state index contributed by atoms with van der Waals surface area (Å²) < 4.78 is 1.85. The van der Waals surface area contributed by atoms with Gasteiger partial charge in [0.1, 0.15) is 0 Å². The number of hydrogen-bond acceptors (Lipinski definition) is 3. The fourth-order valence-corrected chi connectivity index (χ4v) is 3.41. The van der Waals surface area contributed by atoms with E-state index in [2.05, 4.69) is 28.3 Å². The molecule has 0 bridgehead atoms. The Kier molecular flexibility index (Phi) is 6.75. The van der Waals surface area contributed by atoms with Crippen LogP contribution < -0.4 is 10.2 Å². The molecule has 2 aromatic carbocycles. The largest absolute Gasteiger partial charge is 0.344 e. The van der Waals surface area contributed by atoms with Crippen LogP contribution >= 0.6 is 11.6 Å². The molecule has 0 spiro atoms. The van der Waals surface area contributed by atoms with Crippen molar-refractivity contribution >= 4 is 40.1 Å². The predicted octanol–water partition coefficient (Wildman–Crippen LogP) is 6.34. The van der Waals surface area contributed by atoms with Gasteiger partial charge in [-0.25, -0.2) is 4.52 Å². The maximum Gasteiger partial charge on any atom is 0.257 e. The third-order valence-corrected chi connectivity index (χ3v) is 5.01. The molecule has 0 aliphatic rings. The number of nitrogens with zero attached hydrogens (tertiary/aromatic N) is 3. The van der Waals surface area contributed by atoms with Crippen molar-refractivity contribution in [2.24, 2.45) is 0 Å². The van der Waals surface area contributed by atoms with Crippen molar-refractivity contribution in [3.05, 3.63) is 89.2 Å². The summed E-state index contributed by atoms with van der Waals surface area (Å²) in [6.45, 7) is 6.05. The summed E-state index contributed by atoms with van der Waals surface area (Å²) in [6.07, 6.45) is 3.79. The van der Waals surface area contributed by atoms with Crippen LogP contribution in [0.3, 0.4) is 0 Å². The number of carbonyl (C=O) groups is 1. The van der Waals surface area contributed by atoms with Crippen LogP contribution in [0.2, 0.25) is 5.02 Å². The van der Waals surface area contributed by atoms with Gasteiger partial charge in [0.05, 0.1) is 16.1 Å². The number of anilines is 3. The van der Waals surface area contributed by atoms with Crippen LogP contribution in [-0.4, -0.2) is 22.6 Å². The van der Waals surface area contributed by atoms with Gasteiger partial charge in [0.25, 0.3) is 5.91 Å². The van der Waals surface area contributed by atoms with Gasteiger partial charge in [-0.1, -0.05) is 43.6 Å². The summed E-state index contributed by atoms with van der Waals surface area (Å²) >= 11 is 6.13. The van der Waals surface area contributed by atoms with Crippen LogP contribution in [-0.2, 0) is 0 Å². The first-order chi connectivity index (χ1) is 14.5. The van der Waals surface area contributed by atoms with Gasteiger partial charge in [-0.05, 0) is 55.0 Å². The lowest BCUT2D eigenvalue weighted by Crippen LogP contribution is -2.14. The summed E-state index contributed by atoms with van der Waals surface area (Å²) in [5.41, 5.74) is 5.31. The smallest absolute Gasteiger partial charge is 0.257 e. The van der Waals surface area contributed by atoms with Crippen LogP contribution in [0.5, 0.6) is 0 Å². The number of benzene rings is 2. The monoisotopic (exact) mass is 420 g/mol. The highest BCUT2D eigenvalue weighted by atomic mass is 35.5. The van der Waals surface area contributed by atoms with Gasteiger partial charge in [-0.2, -0.15) is 5.10 Å². The zero-order chi connectivity index (χ0) is 21.7. The molecule has 1 N–H and O–H groups in total. The molecule has 30 heavy (non-hydrogen) atoms.